The van der Waals surface area contributed by atoms with Gasteiger partial charge in [-0.3, -0.25) is 0 Å². The van der Waals surface area contributed by atoms with Crippen molar-refractivity contribution < 1.29 is 9.13 Å². The Hall–Kier alpha value is -1.58. The van der Waals surface area contributed by atoms with Gasteiger partial charge in [0.15, 0.2) is 0 Å². The van der Waals surface area contributed by atoms with Crippen molar-refractivity contribution in [2.75, 3.05) is 6.54 Å². The van der Waals surface area contributed by atoms with Crippen molar-refractivity contribution in [2.45, 2.75) is 26.5 Å². The van der Waals surface area contributed by atoms with Gasteiger partial charge in [-0.05, 0) is 25.1 Å². The molecule has 0 bridgehead atoms. The van der Waals surface area contributed by atoms with Crippen molar-refractivity contribution >= 4 is 11.6 Å². The molecule has 0 atom stereocenters. The molecule has 2 aromatic rings. The van der Waals surface area contributed by atoms with Gasteiger partial charge >= 0.3 is 0 Å². The number of ether oxygens (including phenoxy) is 1. The third kappa shape index (κ3) is 4.45. The van der Waals surface area contributed by atoms with Crippen molar-refractivity contribution in [3.63, 3.8) is 0 Å². The van der Waals surface area contributed by atoms with Crippen LogP contribution in [0.4, 0.5) is 4.39 Å². The van der Waals surface area contributed by atoms with Crippen molar-refractivity contribution in [3.8, 4) is 5.75 Å². The molecule has 0 fully saturated rings. The van der Waals surface area contributed by atoms with E-state index in [0.29, 0.717) is 22.9 Å². The highest BCUT2D eigenvalue weighted by atomic mass is 35.5. The summed E-state index contributed by atoms with van der Waals surface area (Å²) in [5, 5.41) is 3.86. The minimum absolute atomic E-state index is 0.164. The Bertz CT molecular complexity index is 589. The third-order valence-corrected chi connectivity index (χ3v) is 3.42. The lowest BCUT2D eigenvalue weighted by Crippen LogP contribution is -2.14. The lowest BCUT2D eigenvalue weighted by atomic mass is 10.2. The van der Waals surface area contributed by atoms with Crippen LogP contribution in [0.25, 0.3) is 0 Å². The predicted molar refractivity (Wildman–Crippen MR) is 84.2 cm³/mol. The lowest BCUT2D eigenvalue weighted by molar-refractivity contribution is 0.296. The maximum Gasteiger partial charge on any atom is 0.142 e. The molecule has 0 aromatic heterocycles. The Morgan fingerprint density at radius 2 is 1.86 bits per heavy atom. The molecule has 2 nitrogen and oxygen atoms in total. The smallest absolute Gasteiger partial charge is 0.142 e. The maximum atomic E-state index is 13.6. The number of rotatable bonds is 7. The van der Waals surface area contributed by atoms with Crippen LogP contribution in [-0.4, -0.2) is 6.54 Å². The topological polar surface area (TPSA) is 21.3 Å². The zero-order chi connectivity index (χ0) is 15.1. The third-order valence-electron chi connectivity index (χ3n) is 3.12. The van der Waals surface area contributed by atoms with Gasteiger partial charge in [0.05, 0.1) is 5.02 Å². The Balaban J connectivity index is 2.09. The number of halogens is 2. The highest BCUT2D eigenvalue weighted by Gasteiger charge is 2.09. The van der Waals surface area contributed by atoms with E-state index in [9.17, 15) is 4.39 Å². The van der Waals surface area contributed by atoms with Gasteiger partial charge in [-0.25, -0.2) is 4.39 Å². The van der Waals surface area contributed by atoms with E-state index in [2.05, 4.69) is 12.2 Å². The van der Waals surface area contributed by atoms with Crippen LogP contribution in [0.5, 0.6) is 5.75 Å². The number of hydrogen-bond donors (Lipinski definition) is 1. The van der Waals surface area contributed by atoms with E-state index in [1.54, 1.807) is 24.3 Å². The van der Waals surface area contributed by atoms with Crippen molar-refractivity contribution in [3.05, 3.63) is 64.4 Å². The first kappa shape index (κ1) is 15.8. The first-order valence-corrected chi connectivity index (χ1v) is 7.44. The first-order chi connectivity index (χ1) is 10.2. The van der Waals surface area contributed by atoms with E-state index in [1.807, 2.05) is 12.1 Å². The first-order valence-electron chi connectivity index (χ1n) is 7.06. The number of para-hydroxylation sites is 1. The fourth-order valence-electron chi connectivity index (χ4n) is 2.02. The van der Waals surface area contributed by atoms with Crippen LogP contribution in [0.1, 0.15) is 24.5 Å². The Kier molecular flexibility index (Phi) is 6.03. The zero-order valence-corrected chi connectivity index (χ0v) is 12.8. The molecule has 2 rings (SSSR count). The van der Waals surface area contributed by atoms with Crippen LogP contribution in [-0.2, 0) is 13.2 Å². The predicted octanol–water partition coefficient (Wildman–Crippen LogP) is 4.56. The summed E-state index contributed by atoms with van der Waals surface area (Å²) in [5.74, 6) is 0.348. The van der Waals surface area contributed by atoms with Crippen molar-refractivity contribution in [1.82, 2.24) is 5.32 Å². The fraction of sp³-hybridized carbons (Fsp3) is 0.294. The van der Waals surface area contributed by atoms with E-state index in [0.717, 1.165) is 18.5 Å². The second kappa shape index (κ2) is 8.01. The second-order valence-corrected chi connectivity index (χ2v) is 5.19. The highest BCUT2D eigenvalue weighted by molar-refractivity contribution is 6.32. The van der Waals surface area contributed by atoms with Crippen LogP contribution in [0.2, 0.25) is 5.02 Å². The van der Waals surface area contributed by atoms with Gasteiger partial charge in [-0.2, -0.15) is 0 Å². The molecule has 0 aliphatic carbocycles. The Morgan fingerprint density at radius 3 is 2.62 bits per heavy atom. The summed E-state index contributed by atoms with van der Waals surface area (Å²) in [6.07, 6.45) is 1.06. The van der Waals surface area contributed by atoms with Crippen LogP contribution >= 0.6 is 11.6 Å². The van der Waals surface area contributed by atoms with Gasteiger partial charge in [0.25, 0.3) is 0 Å². The minimum Gasteiger partial charge on any atom is -0.487 e. The van der Waals surface area contributed by atoms with Gasteiger partial charge in [-0.1, -0.05) is 48.9 Å². The van der Waals surface area contributed by atoms with Gasteiger partial charge in [0, 0.05) is 17.7 Å². The van der Waals surface area contributed by atoms with Crippen molar-refractivity contribution in [2.24, 2.45) is 0 Å². The van der Waals surface area contributed by atoms with E-state index >= 15 is 0 Å². The molecule has 0 amide bonds. The average molecular weight is 308 g/mol. The summed E-state index contributed by atoms with van der Waals surface area (Å²) in [7, 11) is 0. The summed E-state index contributed by atoms with van der Waals surface area (Å²) in [6, 6.07) is 12.2. The molecule has 0 saturated heterocycles. The number of nitrogens with one attached hydrogen (secondary N) is 1. The average Bonchev–Trinajstić information content (AvgIpc) is 2.48. The second-order valence-electron chi connectivity index (χ2n) is 4.78. The molecule has 0 aliphatic heterocycles. The van der Waals surface area contributed by atoms with Crippen LogP contribution < -0.4 is 10.1 Å². The largest absolute Gasteiger partial charge is 0.487 e. The summed E-state index contributed by atoms with van der Waals surface area (Å²) < 4.78 is 19.4. The minimum atomic E-state index is -0.268. The molecular weight excluding hydrogens is 289 g/mol. The molecule has 0 aliphatic rings. The van der Waals surface area contributed by atoms with Crippen LogP contribution in [0.3, 0.4) is 0 Å². The van der Waals surface area contributed by atoms with Crippen molar-refractivity contribution in [1.29, 1.82) is 0 Å². The monoisotopic (exact) mass is 307 g/mol. The molecule has 112 valence electrons. The van der Waals surface area contributed by atoms with Gasteiger partial charge in [0.1, 0.15) is 18.2 Å². The van der Waals surface area contributed by atoms with Gasteiger partial charge < -0.3 is 10.1 Å². The van der Waals surface area contributed by atoms with Gasteiger partial charge in [-0.15, -0.1) is 0 Å². The van der Waals surface area contributed by atoms with E-state index in [4.69, 9.17) is 16.3 Å². The normalized spacial score (nSPS) is 10.6. The summed E-state index contributed by atoms with van der Waals surface area (Å²) in [4.78, 5) is 0. The van der Waals surface area contributed by atoms with Crippen LogP contribution in [0.15, 0.2) is 42.5 Å². The molecule has 4 heteroatoms. The van der Waals surface area contributed by atoms with E-state index in [-0.39, 0.29) is 12.4 Å². The summed E-state index contributed by atoms with van der Waals surface area (Å²) >= 11 is 6.20. The molecule has 0 heterocycles. The molecule has 0 saturated carbocycles. The summed E-state index contributed by atoms with van der Waals surface area (Å²) in [5.41, 5.74) is 1.50. The lowest BCUT2D eigenvalue weighted by Gasteiger charge is -2.14. The molecule has 2 aromatic carbocycles. The maximum absolute atomic E-state index is 13.6. The van der Waals surface area contributed by atoms with Crippen LogP contribution in [0, 0.1) is 5.82 Å². The Labute approximate surface area is 129 Å². The molecule has 21 heavy (non-hydrogen) atoms. The van der Waals surface area contributed by atoms with Gasteiger partial charge in [0.2, 0.25) is 0 Å². The molecule has 0 unspecified atom stereocenters. The standard InChI is InChI=1S/C17H19ClFNO/c1-2-10-20-11-13-7-5-8-15(18)17(13)21-12-14-6-3-4-9-16(14)19/h3-9,20H,2,10-12H2,1H3. The SMILES string of the molecule is CCCNCc1cccc(Cl)c1OCc1ccccc1F. The van der Waals surface area contributed by atoms with E-state index < -0.39 is 0 Å². The quantitative estimate of drug-likeness (QED) is 0.757. The molecule has 0 spiro atoms. The molecule has 1 N–H and O–H groups in total. The molecule has 0 radical (unpaired) electrons. The highest BCUT2D eigenvalue weighted by Crippen LogP contribution is 2.29. The number of benzene rings is 2. The van der Waals surface area contributed by atoms with E-state index in [1.165, 1.54) is 6.07 Å². The molecular formula is C17H19ClFNO. The Morgan fingerprint density at radius 1 is 1.10 bits per heavy atom. The zero-order valence-electron chi connectivity index (χ0n) is 12.0. The fourth-order valence-corrected chi connectivity index (χ4v) is 2.27. The summed E-state index contributed by atoms with van der Waals surface area (Å²) in [6.45, 7) is 3.89. The number of hydrogen-bond acceptors (Lipinski definition) is 2.